The summed E-state index contributed by atoms with van der Waals surface area (Å²) < 4.78 is 0. The van der Waals surface area contributed by atoms with Crippen LogP contribution in [0, 0.1) is 5.92 Å². The van der Waals surface area contributed by atoms with Gasteiger partial charge in [0.05, 0.1) is 11.9 Å². The van der Waals surface area contributed by atoms with E-state index in [1.54, 1.807) is 0 Å². The van der Waals surface area contributed by atoms with Gasteiger partial charge in [0.1, 0.15) is 5.69 Å². The summed E-state index contributed by atoms with van der Waals surface area (Å²) in [6.07, 6.45) is 9.87. The van der Waals surface area contributed by atoms with Crippen molar-refractivity contribution in [1.82, 2.24) is 14.9 Å². The number of oxime groups is 1. The fraction of sp³-hybridized carbons (Fsp3) is 0.348. The van der Waals surface area contributed by atoms with Crippen molar-refractivity contribution in [3.8, 4) is 22.4 Å². The fourth-order valence-electron chi connectivity index (χ4n) is 4.38. The van der Waals surface area contributed by atoms with Gasteiger partial charge < -0.3 is 5.21 Å². The quantitative estimate of drug-likeness (QED) is 0.543. The van der Waals surface area contributed by atoms with Gasteiger partial charge >= 0.3 is 0 Å². The summed E-state index contributed by atoms with van der Waals surface area (Å²) in [6, 6.07) is 10.4. The number of pyridine rings is 1. The molecule has 1 saturated heterocycles. The smallest absolute Gasteiger partial charge is 0.102 e. The number of benzene rings is 1. The number of aryl methyl sites for hydroxylation is 1. The molecule has 6 nitrogen and oxygen atoms in total. The molecular formula is C23H25N5O. The molecule has 1 N–H and O–H groups in total. The Kier molecular flexibility index (Phi) is 4.54. The molecule has 3 heterocycles. The Morgan fingerprint density at radius 3 is 2.55 bits per heavy atom. The zero-order valence-corrected chi connectivity index (χ0v) is 16.6. The molecule has 0 radical (unpaired) electrons. The highest BCUT2D eigenvalue weighted by atomic mass is 16.4. The lowest BCUT2D eigenvalue weighted by molar-refractivity contribution is 0.318. The first kappa shape index (κ1) is 17.9. The van der Waals surface area contributed by atoms with Crippen molar-refractivity contribution >= 4 is 5.71 Å². The van der Waals surface area contributed by atoms with Crippen molar-refractivity contribution in [2.24, 2.45) is 11.1 Å². The molecule has 1 fully saturated rings. The maximum atomic E-state index is 9.22. The number of fused-ring (bicyclic) bond motifs is 1. The molecule has 2 aliphatic rings. The maximum Gasteiger partial charge on any atom is 0.102 e. The minimum Gasteiger partial charge on any atom is -0.411 e. The molecule has 0 spiro atoms. The molecule has 2 aromatic heterocycles. The van der Waals surface area contributed by atoms with Crippen molar-refractivity contribution in [2.45, 2.75) is 32.6 Å². The van der Waals surface area contributed by atoms with Crippen molar-refractivity contribution < 1.29 is 5.21 Å². The Morgan fingerprint density at radius 2 is 1.79 bits per heavy atom. The highest BCUT2D eigenvalue weighted by Gasteiger charge is 2.23. The second-order valence-corrected chi connectivity index (χ2v) is 8.10. The zero-order chi connectivity index (χ0) is 19.8. The van der Waals surface area contributed by atoms with Crippen LogP contribution in [0.1, 0.15) is 37.3 Å². The normalized spacial score (nSPS) is 18.4. The lowest BCUT2D eigenvalue weighted by Crippen LogP contribution is -2.41. The van der Waals surface area contributed by atoms with Gasteiger partial charge in [-0.2, -0.15) is 9.89 Å². The number of rotatable bonds is 3. The Morgan fingerprint density at radius 1 is 1.00 bits per heavy atom. The molecule has 3 aromatic rings. The van der Waals surface area contributed by atoms with E-state index in [-0.39, 0.29) is 0 Å². The molecule has 0 unspecified atom stereocenters. The molecule has 1 aliphatic heterocycles. The van der Waals surface area contributed by atoms with Gasteiger partial charge in [0.15, 0.2) is 0 Å². The first-order valence-electron chi connectivity index (χ1n) is 10.3. The Balaban J connectivity index is 1.58. The molecule has 5 rings (SSSR count). The van der Waals surface area contributed by atoms with Gasteiger partial charge in [-0.25, -0.2) is 0 Å². The van der Waals surface area contributed by atoms with Crippen LogP contribution in [0.2, 0.25) is 0 Å². The third-order valence-electron chi connectivity index (χ3n) is 6.18. The first-order valence-corrected chi connectivity index (χ1v) is 10.3. The average molecular weight is 387 g/mol. The van der Waals surface area contributed by atoms with Gasteiger partial charge in [-0.15, -0.1) is 0 Å². The maximum absolute atomic E-state index is 9.22. The van der Waals surface area contributed by atoms with E-state index in [1.165, 1.54) is 18.4 Å². The van der Waals surface area contributed by atoms with Crippen molar-refractivity contribution in [3.63, 3.8) is 0 Å². The van der Waals surface area contributed by atoms with E-state index in [9.17, 15) is 5.21 Å². The van der Waals surface area contributed by atoms with Crippen LogP contribution in [0.3, 0.4) is 0 Å². The molecular weight excluding hydrogens is 362 g/mol. The zero-order valence-electron chi connectivity index (χ0n) is 16.6. The van der Waals surface area contributed by atoms with Crippen molar-refractivity contribution in [3.05, 3.63) is 60.0 Å². The average Bonchev–Trinajstić information content (AvgIpc) is 3.39. The monoisotopic (exact) mass is 387 g/mol. The summed E-state index contributed by atoms with van der Waals surface area (Å²) in [5.41, 5.74) is 7.37. The first-order chi connectivity index (χ1) is 14.2. The van der Waals surface area contributed by atoms with Crippen LogP contribution in [-0.2, 0) is 6.42 Å². The Hall–Kier alpha value is -3.15. The lowest BCUT2D eigenvalue weighted by atomic mass is 9.98. The van der Waals surface area contributed by atoms with Gasteiger partial charge in [-0.3, -0.25) is 9.99 Å². The summed E-state index contributed by atoms with van der Waals surface area (Å²) in [4.78, 5) is 6.19. The Labute approximate surface area is 170 Å². The minimum atomic E-state index is 0.777. The van der Waals surface area contributed by atoms with Crippen LogP contribution >= 0.6 is 0 Å². The van der Waals surface area contributed by atoms with E-state index in [1.807, 2.05) is 29.3 Å². The molecule has 1 aromatic carbocycles. The highest BCUT2D eigenvalue weighted by Crippen LogP contribution is 2.34. The predicted molar refractivity (Wildman–Crippen MR) is 114 cm³/mol. The fourth-order valence-corrected chi connectivity index (χ4v) is 4.38. The van der Waals surface area contributed by atoms with Crippen LogP contribution in [0.15, 0.2) is 54.1 Å². The van der Waals surface area contributed by atoms with Crippen LogP contribution in [0.5, 0.6) is 0 Å². The molecule has 148 valence electrons. The largest absolute Gasteiger partial charge is 0.411 e. The van der Waals surface area contributed by atoms with E-state index in [4.69, 9.17) is 5.10 Å². The number of aromatic nitrogens is 3. The number of nitrogens with zero attached hydrogens (tertiary/aromatic N) is 5. The number of hydrogen-bond donors (Lipinski definition) is 1. The van der Waals surface area contributed by atoms with Crippen molar-refractivity contribution in [2.75, 3.05) is 18.1 Å². The van der Waals surface area contributed by atoms with E-state index in [2.05, 4.69) is 46.5 Å². The van der Waals surface area contributed by atoms with Gasteiger partial charge in [0.2, 0.25) is 0 Å². The standard InChI is InChI=1S/C23H25N5O/c1-16-8-12-27(13-9-16)28-15-21(23(25-28)17-6-10-24-11-7-17)19-2-4-20-18(14-19)3-5-22(20)26-29/h2,4,6-7,10-11,14-16,29H,3,5,8-9,12-13H2,1H3/b26-22+. The van der Waals surface area contributed by atoms with E-state index < -0.39 is 0 Å². The second kappa shape index (κ2) is 7.35. The lowest BCUT2D eigenvalue weighted by Gasteiger charge is -2.31. The summed E-state index contributed by atoms with van der Waals surface area (Å²) in [5, 5.41) is 20.0. The molecule has 0 atom stereocenters. The van der Waals surface area contributed by atoms with Crippen LogP contribution in [0.25, 0.3) is 22.4 Å². The molecule has 29 heavy (non-hydrogen) atoms. The number of piperidine rings is 1. The molecule has 1 aliphatic carbocycles. The summed E-state index contributed by atoms with van der Waals surface area (Å²) in [7, 11) is 0. The topological polar surface area (TPSA) is 66.5 Å². The third-order valence-corrected chi connectivity index (χ3v) is 6.18. The summed E-state index contributed by atoms with van der Waals surface area (Å²) in [6.45, 7) is 4.37. The van der Waals surface area contributed by atoms with Crippen LogP contribution < -0.4 is 5.01 Å². The molecule has 0 amide bonds. The third kappa shape index (κ3) is 3.28. The summed E-state index contributed by atoms with van der Waals surface area (Å²) >= 11 is 0. The second-order valence-electron chi connectivity index (χ2n) is 8.10. The van der Waals surface area contributed by atoms with Gasteiger partial charge in [0.25, 0.3) is 0 Å². The molecule has 0 saturated carbocycles. The molecule has 6 heteroatoms. The van der Waals surface area contributed by atoms with E-state index >= 15 is 0 Å². The van der Waals surface area contributed by atoms with Gasteiger partial charge in [-0.05, 0) is 54.9 Å². The van der Waals surface area contributed by atoms with Crippen LogP contribution in [0.4, 0.5) is 0 Å². The van der Waals surface area contributed by atoms with Gasteiger partial charge in [-0.1, -0.05) is 30.3 Å². The van der Waals surface area contributed by atoms with Crippen LogP contribution in [-0.4, -0.2) is 38.9 Å². The van der Waals surface area contributed by atoms with Gasteiger partial charge in [0, 0.05) is 42.2 Å². The minimum absolute atomic E-state index is 0.777. The predicted octanol–water partition coefficient (Wildman–Crippen LogP) is 4.10. The highest BCUT2D eigenvalue weighted by molar-refractivity contribution is 6.04. The van der Waals surface area contributed by atoms with E-state index in [0.29, 0.717) is 0 Å². The van der Waals surface area contributed by atoms with E-state index in [0.717, 1.165) is 65.5 Å². The summed E-state index contributed by atoms with van der Waals surface area (Å²) in [5.74, 6) is 0.778. The number of hydrogen-bond acceptors (Lipinski definition) is 5. The molecule has 0 bridgehead atoms. The SMILES string of the molecule is CC1CCN(n2cc(-c3ccc4c(c3)CC/C4=N\O)c(-c3ccncc3)n2)CC1. The van der Waals surface area contributed by atoms with Crippen molar-refractivity contribution in [1.29, 1.82) is 0 Å². The Bertz CT molecular complexity index is 1050.